The van der Waals surface area contributed by atoms with Gasteiger partial charge in [0.2, 0.25) is 5.91 Å². The van der Waals surface area contributed by atoms with Gasteiger partial charge in [-0.05, 0) is 51.4 Å². The summed E-state index contributed by atoms with van der Waals surface area (Å²) in [5.41, 5.74) is 5.62. The highest BCUT2D eigenvalue weighted by Crippen LogP contribution is 2.43. The van der Waals surface area contributed by atoms with Crippen LogP contribution in [0.1, 0.15) is 64.2 Å². The predicted molar refractivity (Wildman–Crippen MR) is 78.2 cm³/mol. The molecule has 4 heteroatoms. The summed E-state index contributed by atoms with van der Waals surface area (Å²) < 4.78 is 6.32. The zero-order chi connectivity index (χ0) is 14.0. The molecule has 3 N–H and O–H groups in total. The molecule has 2 aliphatic carbocycles. The van der Waals surface area contributed by atoms with Gasteiger partial charge in [0.15, 0.2) is 0 Å². The van der Waals surface area contributed by atoms with E-state index in [1.54, 1.807) is 0 Å². The second kappa shape index (κ2) is 6.02. The van der Waals surface area contributed by atoms with Crippen LogP contribution in [0.5, 0.6) is 0 Å². The number of carbonyl (C=O) groups is 1. The van der Waals surface area contributed by atoms with Crippen molar-refractivity contribution in [3.05, 3.63) is 0 Å². The molecule has 1 unspecified atom stereocenters. The minimum atomic E-state index is -0.120. The van der Waals surface area contributed by atoms with Gasteiger partial charge in [-0.2, -0.15) is 0 Å². The number of rotatable bonds is 4. The molecule has 0 bridgehead atoms. The predicted octanol–water partition coefficient (Wildman–Crippen LogP) is 2.11. The van der Waals surface area contributed by atoms with Crippen LogP contribution in [-0.4, -0.2) is 30.2 Å². The van der Waals surface area contributed by atoms with Gasteiger partial charge in [-0.1, -0.05) is 12.8 Å². The zero-order valence-corrected chi connectivity index (χ0v) is 12.4. The number of nitrogens with two attached hydrogens (primary N) is 1. The van der Waals surface area contributed by atoms with E-state index in [-0.39, 0.29) is 17.4 Å². The van der Waals surface area contributed by atoms with Crippen LogP contribution in [0.25, 0.3) is 0 Å². The van der Waals surface area contributed by atoms with E-state index in [4.69, 9.17) is 10.5 Å². The van der Waals surface area contributed by atoms with Gasteiger partial charge in [0.05, 0.1) is 11.7 Å². The Hall–Kier alpha value is -0.610. The average Bonchev–Trinajstić information content (AvgIpc) is 3.08. The Bertz CT molecular complexity index is 344. The van der Waals surface area contributed by atoms with Crippen LogP contribution in [0.2, 0.25) is 0 Å². The Morgan fingerprint density at radius 1 is 1.10 bits per heavy atom. The molecule has 3 fully saturated rings. The number of carbonyl (C=O) groups excluding carboxylic acids is 1. The Morgan fingerprint density at radius 3 is 2.45 bits per heavy atom. The number of amides is 1. The maximum absolute atomic E-state index is 11.2. The first kappa shape index (κ1) is 14.3. The van der Waals surface area contributed by atoms with E-state index in [0.29, 0.717) is 12.1 Å². The van der Waals surface area contributed by atoms with Crippen molar-refractivity contribution in [2.45, 2.75) is 82.0 Å². The van der Waals surface area contributed by atoms with Crippen LogP contribution in [-0.2, 0) is 9.53 Å². The third-order valence-electron chi connectivity index (χ3n) is 5.62. The summed E-state index contributed by atoms with van der Waals surface area (Å²) in [4.78, 5) is 11.2. The molecular weight excluding hydrogens is 252 g/mol. The molecule has 3 rings (SSSR count). The fraction of sp³-hybridized carbons (Fsp3) is 0.938. The number of nitrogens with one attached hydrogen (secondary N) is 1. The van der Waals surface area contributed by atoms with Crippen LogP contribution in [0, 0.1) is 5.92 Å². The first-order valence-electron chi connectivity index (χ1n) is 8.37. The summed E-state index contributed by atoms with van der Waals surface area (Å²) in [6.07, 6.45) is 12.1. The minimum absolute atomic E-state index is 0.109. The van der Waals surface area contributed by atoms with Gasteiger partial charge in [0, 0.05) is 18.5 Å². The van der Waals surface area contributed by atoms with Crippen LogP contribution in [0.3, 0.4) is 0 Å². The largest absolute Gasteiger partial charge is 0.370 e. The van der Waals surface area contributed by atoms with Crippen molar-refractivity contribution < 1.29 is 9.53 Å². The van der Waals surface area contributed by atoms with E-state index in [2.05, 4.69) is 5.32 Å². The third kappa shape index (κ3) is 3.17. The standard InChI is InChI=1S/C16H28N2O2/c17-15(19)12-3-5-13(6-4-12)18-11-14-7-10-16(20-14)8-1-2-9-16/h12-14,18H,1-11H2,(H2,17,19). The fourth-order valence-corrected chi connectivity index (χ4v) is 4.31. The van der Waals surface area contributed by atoms with Gasteiger partial charge in [0.25, 0.3) is 0 Å². The summed E-state index contributed by atoms with van der Waals surface area (Å²) in [6, 6.07) is 0.550. The molecule has 114 valence electrons. The molecule has 0 aromatic rings. The normalized spacial score (nSPS) is 36.5. The molecule has 0 radical (unpaired) electrons. The number of ether oxygens (including phenoxy) is 1. The van der Waals surface area contributed by atoms with Crippen molar-refractivity contribution in [2.75, 3.05) is 6.54 Å². The Balaban J connectivity index is 1.37. The van der Waals surface area contributed by atoms with Crippen molar-refractivity contribution in [1.29, 1.82) is 0 Å². The Kier molecular flexibility index (Phi) is 4.32. The molecule has 1 aliphatic heterocycles. The van der Waals surface area contributed by atoms with Gasteiger partial charge in [0.1, 0.15) is 0 Å². The highest BCUT2D eigenvalue weighted by molar-refractivity contribution is 5.76. The molecule has 0 aromatic heterocycles. The Morgan fingerprint density at radius 2 is 1.80 bits per heavy atom. The molecule has 2 saturated carbocycles. The van der Waals surface area contributed by atoms with Crippen LogP contribution < -0.4 is 11.1 Å². The summed E-state index contributed by atoms with van der Waals surface area (Å²) in [7, 11) is 0. The third-order valence-corrected chi connectivity index (χ3v) is 5.62. The monoisotopic (exact) mass is 280 g/mol. The lowest BCUT2D eigenvalue weighted by molar-refractivity contribution is -0.122. The van der Waals surface area contributed by atoms with Crippen LogP contribution >= 0.6 is 0 Å². The quantitative estimate of drug-likeness (QED) is 0.829. The first-order chi connectivity index (χ1) is 9.67. The average molecular weight is 280 g/mol. The first-order valence-corrected chi connectivity index (χ1v) is 8.37. The van der Waals surface area contributed by atoms with Crippen LogP contribution in [0.4, 0.5) is 0 Å². The van der Waals surface area contributed by atoms with Crippen molar-refractivity contribution in [3.63, 3.8) is 0 Å². The second-order valence-electron chi connectivity index (χ2n) is 7.03. The Labute approximate surface area is 121 Å². The number of hydrogen-bond acceptors (Lipinski definition) is 3. The second-order valence-corrected chi connectivity index (χ2v) is 7.03. The molecule has 1 saturated heterocycles. The lowest BCUT2D eigenvalue weighted by Gasteiger charge is -2.29. The van der Waals surface area contributed by atoms with E-state index in [0.717, 1.165) is 32.2 Å². The maximum Gasteiger partial charge on any atom is 0.220 e. The minimum Gasteiger partial charge on any atom is -0.370 e. The SMILES string of the molecule is NC(=O)C1CCC(NCC2CCC3(CCCC3)O2)CC1. The lowest BCUT2D eigenvalue weighted by Crippen LogP contribution is -2.40. The molecule has 1 atom stereocenters. The highest BCUT2D eigenvalue weighted by atomic mass is 16.5. The van der Waals surface area contributed by atoms with Crippen molar-refractivity contribution >= 4 is 5.91 Å². The van der Waals surface area contributed by atoms with Crippen molar-refractivity contribution in [3.8, 4) is 0 Å². The van der Waals surface area contributed by atoms with E-state index < -0.39 is 0 Å². The smallest absolute Gasteiger partial charge is 0.220 e. The number of primary amides is 1. The molecule has 1 spiro atoms. The molecule has 1 amide bonds. The van der Waals surface area contributed by atoms with E-state index in [1.165, 1.54) is 38.5 Å². The lowest BCUT2D eigenvalue weighted by atomic mass is 9.85. The van der Waals surface area contributed by atoms with Gasteiger partial charge < -0.3 is 15.8 Å². The molecule has 20 heavy (non-hydrogen) atoms. The van der Waals surface area contributed by atoms with Gasteiger partial charge >= 0.3 is 0 Å². The zero-order valence-electron chi connectivity index (χ0n) is 12.4. The summed E-state index contributed by atoms with van der Waals surface area (Å²) in [6.45, 7) is 0.980. The van der Waals surface area contributed by atoms with Gasteiger partial charge in [-0.25, -0.2) is 0 Å². The highest BCUT2D eigenvalue weighted by Gasteiger charge is 2.42. The molecule has 3 aliphatic rings. The van der Waals surface area contributed by atoms with E-state index in [1.807, 2.05) is 0 Å². The van der Waals surface area contributed by atoms with E-state index >= 15 is 0 Å². The number of hydrogen-bond donors (Lipinski definition) is 2. The molecule has 4 nitrogen and oxygen atoms in total. The molecule has 1 heterocycles. The van der Waals surface area contributed by atoms with Gasteiger partial charge in [-0.3, -0.25) is 4.79 Å². The van der Waals surface area contributed by atoms with Crippen LogP contribution in [0.15, 0.2) is 0 Å². The van der Waals surface area contributed by atoms with Crippen molar-refractivity contribution in [1.82, 2.24) is 5.32 Å². The summed E-state index contributed by atoms with van der Waals surface area (Å²) in [5, 5.41) is 3.65. The van der Waals surface area contributed by atoms with Gasteiger partial charge in [-0.15, -0.1) is 0 Å². The van der Waals surface area contributed by atoms with Crippen molar-refractivity contribution in [2.24, 2.45) is 11.7 Å². The molecular formula is C16H28N2O2. The topological polar surface area (TPSA) is 64.4 Å². The fourth-order valence-electron chi connectivity index (χ4n) is 4.31. The van der Waals surface area contributed by atoms with E-state index in [9.17, 15) is 4.79 Å². The summed E-state index contributed by atoms with van der Waals surface area (Å²) in [5.74, 6) is -0.0108. The maximum atomic E-state index is 11.2. The summed E-state index contributed by atoms with van der Waals surface area (Å²) >= 11 is 0. The molecule has 0 aromatic carbocycles.